The Kier molecular flexibility index (Phi) is 15.3. The lowest BCUT2D eigenvalue weighted by Gasteiger charge is -2.54. The number of carbonyl (C=O) groups excluding carboxylic acids is 4. The van der Waals surface area contributed by atoms with Gasteiger partial charge in [0.05, 0.1) is 37.7 Å². The van der Waals surface area contributed by atoms with Gasteiger partial charge in [0.25, 0.3) is 0 Å². The number of nitrogens with two attached hydrogens (primary N) is 1. The van der Waals surface area contributed by atoms with Gasteiger partial charge in [-0.05, 0) is 66.3 Å². The number of nitriles is 1. The third kappa shape index (κ3) is 11.8. The molecule has 0 aromatic heterocycles. The fourth-order valence-corrected chi connectivity index (χ4v) is 6.58. The molecule has 286 valence electrons. The van der Waals surface area contributed by atoms with E-state index in [2.05, 4.69) is 66.4 Å². The van der Waals surface area contributed by atoms with Crippen LogP contribution in [0.25, 0.3) is 0 Å². The van der Waals surface area contributed by atoms with E-state index in [0.717, 1.165) is 6.42 Å². The van der Waals surface area contributed by atoms with Crippen LogP contribution in [-0.2, 0) is 33.4 Å². The van der Waals surface area contributed by atoms with Crippen molar-refractivity contribution < 1.29 is 38.5 Å². The topological polar surface area (TPSA) is 178 Å². The van der Waals surface area contributed by atoms with Gasteiger partial charge in [-0.15, -0.1) is 0 Å². The summed E-state index contributed by atoms with van der Waals surface area (Å²) in [4.78, 5) is 50.9. The number of nitrogens with zero attached hydrogens (tertiary/aromatic N) is 1. The molecule has 4 N–H and O–H groups in total. The third-order valence-electron chi connectivity index (χ3n) is 11.9. The van der Waals surface area contributed by atoms with Crippen LogP contribution in [-0.4, -0.2) is 59.8 Å². The van der Waals surface area contributed by atoms with Crippen LogP contribution in [0.2, 0.25) is 0 Å². The Morgan fingerprint density at radius 2 is 1.58 bits per heavy atom. The van der Waals surface area contributed by atoms with Gasteiger partial charge in [-0.25, -0.2) is 9.59 Å². The summed E-state index contributed by atoms with van der Waals surface area (Å²) in [5.74, 6) is -4.59. The number of rotatable bonds is 19. The van der Waals surface area contributed by atoms with E-state index in [1.165, 1.54) is 0 Å². The minimum Gasteiger partial charge on any atom is -0.502 e. The predicted octanol–water partition coefficient (Wildman–Crippen LogP) is 6.93. The molecule has 1 amide bonds. The number of hydrogen-bond donors (Lipinski definition) is 3. The average molecular weight is 706 g/mol. The average Bonchev–Trinajstić information content (AvgIpc) is 3.42. The van der Waals surface area contributed by atoms with Crippen molar-refractivity contribution in [3.05, 3.63) is 12.3 Å². The van der Waals surface area contributed by atoms with E-state index in [9.17, 15) is 29.5 Å². The maximum absolute atomic E-state index is 13.8. The van der Waals surface area contributed by atoms with Crippen LogP contribution in [0.15, 0.2) is 12.3 Å². The highest BCUT2D eigenvalue weighted by atomic mass is 16.6. The molecule has 0 aromatic rings. The molecule has 0 aliphatic carbocycles. The lowest BCUT2D eigenvalue weighted by molar-refractivity contribution is -0.168. The van der Waals surface area contributed by atoms with E-state index in [0.29, 0.717) is 19.4 Å². The SMILES string of the molecule is C=C(O)C(=O)OCC(CC(C)(C)C(C)(C)C(CC(C)(C)C)OCCC#N)C(C)(N)C(C)(C)CC(C(=O)OC(=O)C1CCC(=O)N1)C(C)(C)CC. The molecule has 0 bridgehead atoms. The number of hydrogen-bond acceptors (Lipinski definition) is 10. The number of ether oxygens (including phenoxy) is 3. The second kappa shape index (κ2) is 17.0. The number of aliphatic hydroxyl groups excluding tert-OH is 1. The minimum absolute atomic E-state index is 0.0636. The second-order valence-corrected chi connectivity index (χ2v) is 18.2. The molecule has 11 heteroatoms. The first-order chi connectivity index (χ1) is 22.6. The number of aliphatic hydroxyl groups is 1. The van der Waals surface area contributed by atoms with Crippen LogP contribution < -0.4 is 11.1 Å². The van der Waals surface area contributed by atoms with Crippen molar-refractivity contribution in [1.29, 1.82) is 5.26 Å². The summed E-state index contributed by atoms with van der Waals surface area (Å²) >= 11 is 0. The smallest absolute Gasteiger partial charge is 0.372 e. The molecule has 0 aromatic carbocycles. The Balaban J connectivity index is 3.60. The summed E-state index contributed by atoms with van der Waals surface area (Å²) in [6.07, 6.45) is 2.59. The van der Waals surface area contributed by atoms with Crippen LogP contribution in [0.1, 0.15) is 135 Å². The largest absolute Gasteiger partial charge is 0.502 e. The molecular formula is C39H67N3O8. The molecule has 1 aliphatic rings. The molecule has 0 radical (unpaired) electrons. The van der Waals surface area contributed by atoms with Gasteiger partial charge < -0.3 is 30.4 Å². The van der Waals surface area contributed by atoms with Crippen LogP contribution >= 0.6 is 0 Å². The number of amides is 1. The van der Waals surface area contributed by atoms with Crippen molar-refractivity contribution in [2.24, 2.45) is 44.6 Å². The Labute approximate surface area is 301 Å². The number of esters is 3. The molecule has 1 aliphatic heterocycles. The molecule has 5 unspecified atom stereocenters. The zero-order valence-corrected chi connectivity index (χ0v) is 33.2. The molecule has 0 saturated carbocycles. The molecule has 0 spiro atoms. The Morgan fingerprint density at radius 1 is 1.00 bits per heavy atom. The van der Waals surface area contributed by atoms with Gasteiger partial charge in [-0.2, -0.15) is 5.26 Å². The van der Waals surface area contributed by atoms with Gasteiger partial charge in [0, 0.05) is 17.9 Å². The molecular weight excluding hydrogens is 638 g/mol. The Bertz CT molecular complexity index is 1270. The Morgan fingerprint density at radius 3 is 2.04 bits per heavy atom. The summed E-state index contributed by atoms with van der Waals surface area (Å²) in [5, 5.41) is 21.5. The first kappa shape index (κ1) is 45.1. The zero-order valence-electron chi connectivity index (χ0n) is 33.2. The molecule has 1 heterocycles. The van der Waals surface area contributed by atoms with E-state index in [1.807, 2.05) is 41.5 Å². The fourth-order valence-electron chi connectivity index (χ4n) is 6.58. The zero-order chi connectivity index (χ0) is 39.1. The first-order valence-electron chi connectivity index (χ1n) is 17.9. The normalized spacial score (nSPS) is 19.0. The van der Waals surface area contributed by atoms with Crippen molar-refractivity contribution >= 4 is 23.8 Å². The van der Waals surface area contributed by atoms with E-state index in [1.54, 1.807) is 0 Å². The lowest BCUT2D eigenvalue weighted by atomic mass is 9.54. The highest BCUT2D eigenvalue weighted by Gasteiger charge is 2.53. The molecule has 1 saturated heterocycles. The summed E-state index contributed by atoms with van der Waals surface area (Å²) in [5.41, 5.74) is 3.92. The van der Waals surface area contributed by atoms with Gasteiger partial charge in [0.15, 0.2) is 5.76 Å². The van der Waals surface area contributed by atoms with E-state index >= 15 is 0 Å². The van der Waals surface area contributed by atoms with E-state index in [-0.39, 0.29) is 49.7 Å². The summed E-state index contributed by atoms with van der Waals surface area (Å²) in [6.45, 7) is 30.2. The number of carbonyl (C=O) groups is 4. The minimum atomic E-state index is -1.08. The number of nitrogens with one attached hydrogen (secondary N) is 1. The maximum atomic E-state index is 13.8. The lowest BCUT2D eigenvalue weighted by Crippen LogP contribution is -2.60. The van der Waals surface area contributed by atoms with Gasteiger partial charge in [-0.3, -0.25) is 9.59 Å². The third-order valence-corrected chi connectivity index (χ3v) is 11.9. The maximum Gasteiger partial charge on any atom is 0.372 e. The van der Waals surface area contributed by atoms with Crippen molar-refractivity contribution in [3.8, 4) is 6.07 Å². The standard InChI is InChI=1S/C39H67N3O8/c1-15-35(6,7)27(32(46)50-33(47)28-17-18-30(44)42-28)22-37(10,11)39(14,41)26(24-49-31(45)25(2)43)21-36(8,9)38(12,13)29(23-34(3,4)5)48-20-16-19-40/h26-29,43H,2,15-18,20-24,41H2,1,3-14H3,(H,42,44). The van der Waals surface area contributed by atoms with Crippen molar-refractivity contribution in [2.45, 2.75) is 153 Å². The summed E-state index contributed by atoms with van der Waals surface area (Å²) < 4.78 is 17.4. The van der Waals surface area contributed by atoms with Crippen molar-refractivity contribution in [3.63, 3.8) is 0 Å². The van der Waals surface area contributed by atoms with Crippen LogP contribution in [0, 0.1) is 50.2 Å². The second-order valence-electron chi connectivity index (χ2n) is 18.2. The van der Waals surface area contributed by atoms with Gasteiger partial charge >= 0.3 is 17.9 Å². The monoisotopic (exact) mass is 705 g/mol. The molecule has 5 atom stereocenters. The van der Waals surface area contributed by atoms with Crippen molar-refractivity contribution in [1.82, 2.24) is 5.32 Å². The fraction of sp³-hybridized carbons (Fsp3) is 0.821. The van der Waals surface area contributed by atoms with Crippen LogP contribution in [0.3, 0.4) is 0 Å². The quantitative estimate of drug-likeness (QED) is 0.0420. The van der Waals surface area contributed by atoms with Gasteiger partial charge in [-0.1, -0.05) is 89.5 Å². The highest BCUT2D eigenvalue weighted by Crippen LogP contribution is 2.53. The predicted molar refractivity (Wildman–Crippen MR) is 193 cm³/mol. The van der Waals surface area contributed by atoms with E-state index < -0.39 is 68.7 Å². The van der Waals surface area contributed by atoms with Crippen molar-refractivity contribution in [2.75, 3.05) is 13.2 Å². The first-order valence-corrected chi connectivity index (χ1v) is 17.9. The van der Waals surface area contributed by atoms with Crippen LogP contribution in [0.5, 0.6) is 0 Å². The summed E-state index contributed by atoms with van der Waals surface area (Å²) in [7, 11) is 0. The highest BCUT2D eigenvalue weighted by molar-refractivity contribution is 5.94. The molecule has 1 rings (SSSR count). The summed E-state index contributed by atoms with van der Waals surface area (Å²) in [6, 6.07) is 1.30. The van der Waals surface area contributed by atoms with Gasteiger partial charge in [0.2, 0.25) is 5.91 Å². The van der Waals surface area contributed by atoms with Gasteiger partial charge in [0.1, 0.15) is 6.04 Å². The molecule has 1 fully saturated rings. The Hall–Kier alpha value is -2.97. The van der Waals surface area contributed by atoms with E-state index in [4.69, 9.17) is 19.9 Å². The van der Waals surface area contributed by atoms with Crippen LogP contribution in [0.4, 0.5) is 0 Å². The molecule has 11 nitrogen and oxygen atoms in total. The molecule has 50 heavy (non-hydrogen) atoms.